The van der Waals surface area contributed by atoms with Crippen LogP contribution in [0.1, 0.15) is 32.4 Å². The Kier molecular flexibility index (Phi) is 5.51. The summed E-state index contributed by atoms with van der Waals surface area (Å²) in [6, 6.07) is 8.66. The molecule has 0 spiro atoms. The number of rotatable bonds is 6. The van der Waals surface area contributed by atoms with Crippen LogP contribution in [0.4, 0.5) is 5.69 Å². The van der Waals surface area contributed by atoms with E-state index in [9.17, 15) is 9.59 Å². The zero-order valence-corrected chi connectivity index (χ0v) is 14.3. The number of amides is 1. The van der Waals surface area contributed by atoms with Crippen molar-refractivity contribution in [1.29, 1.82) is 0 Å². The number of carbonyl (C=O) groups is 1. The Labute approximate surface area is 141 Å². The third kappa shape index (κ3) is 3.71. The fourth-order valence-corrected chi connectivity index (χ4v) is 2.64. The first-order valence-corrected chi connectivity index (χ1v) is 8.14. The van der Waals surface area contributed by atoms with Crippen LogP contribution in [0.5, 0.6) is 0 Å². The number of hydrogen-bond donors (Lipinski definition) is 3. The molecule has 6 heteroatoms. The molecule has 2 rings (SSSR count). The first-order valence-electron chi connectivity index (χ1n) is 8.14. The number of aromatic nitrogens is 2. The molecule has 4 N–H and O–H groups in total. The van der Waals surface area contributed by atoms with Crippen molar-refractivity contribution >= 4 is 11.6 Å². The number of carbonyl (C=O) groups excluding carboxylic acids is 1. The van der Waals surface area contributed by atoms with E-state index >= 15 is 0 Å². The maximum Gasteiger partial charge on any atom is 0.251 e. The van der Waals surface area contributed by atoms with Crippen LogP contribution in [-0.2, 0) is 4.79 Å². The number of anilines is 1. The van der Waals surface area contributed by atoms with Crippen LogP contribution >= 0.6 is 0 Å². The number of benzene rings is 1. The normalized spacial score (nSPS) is 11.3. The van der Waals surface area contributed by atoms with Gasteiger partial charge in [0.15, 0.2) is 0 Å². The number of H-pyrrole nitrogens is 1. The number of hydrogen-bond acceptors (Lipinski definition) is 4. The van der Waals surface area contributed by atoms with Crippen LogP contribution < -0.4 is 16.6 Å². The van der Waals surface area contributed by atoms with E-state index in [-0.39, 0.29) is 11.5 Å². The van der Waals surface area contributed by atoms with Crippen molar-refractivity contribution in [3.8, 4) is 11.4 Å². The minimum absolute atomic E-state index is 0.0650. The summed E-state index contributed by atoms with van der Waals surface area (Å²) in [5, 5.41) is 2.93. The third-order valence-electron chi connectivity index (χ3n) is 4.51. The lowest BCUT2D eigenvalue weighted by atomic mass is 9.81. The molecule has 0 fully saturated rings. The predicted octanol–water partition coefficient (Wildman–Crippen LogP) is 2.45. The molecule has 0 saturated carbocycles. The molecule has 128 valence electrons. The summed E-state index contributed by atoms with van der Waals surface area (Å²) in [6.45, 7) is 6.03. The largest absolute Gasteiger partial charge is 0.329 e. The number of aromatic amines is 1. The van der Waals surface area contributed by atoms with Gasteiger partial charge >= 0.3 is 0 Å². The molecule has 0 aliphatic carbocycles. The molecular formula is C18H24N4O2. The van der Waals surface area contributed by atoms with Crippen molar-refractivity contribution in [2.24, 2.45) is 11.1 Å². The van der Waals surface area contributed by atoms with Crippen molar-refractivity contribution in [3.05, 3.63) is 46.4 Å². The first kappa shape index (κ1) is 17.9. The molecule has 0 radical (unpaired) electrons. The van der Waals surface area contributed by atoms with Crippen molar-refractivity contribution in [1.82, 2.24) is 9.97 Å². The highest BCUT2D eigenvalue weighted by atomic mass is 16.2. The van der Waals surface area contributed by atoms with Crippen molar-refractivity contribution in [2.75, 3.05) is 11.9 Å². The van der Waals surface area contributed by atoms with Gasteiger partial charge < -0.3 is 16.0 Å². The summed E-state index contributed by atoms with van der Waals surface area (Å²) in [5.74, 6) is 0.445. The van der Waals surface area contributed by atoms with Gasteiger partial charge in [0.05, 0.1) is 5.41 Å². The van der Waals surface area contributed by atoms with Gasteiger partial charge in [-0.15, -0.1) is 0 Å². The second-order valence-corrected chi connectivity index (χ2v) is 5.96. The zero-order valence-electron chi connectivity index (χ0n) is 14.3. The number of nitrogens with zero attached hydrogens (tertiary/aromatic N) is 1. The van der Waals surface area contributed by atoms with Crippen LogP contribution in [0.25, 0.3) is 11.4 Å². The molecule has 0 saturated heterocycles. The van der Waals surface area contributed by atoms with E-state index in [2.05, 4.69) is 15.3 Å². The highest BCUT2D eigenvalue weighted by Crippen LogP contribution is 2.27. The maximum absolute atomic E-state index is 12.5. The summed E-state index contributed by atoms with van der Waals surface area (Å²) >= 11 is 0. The van der Waals surface area contributed by atoms with E-state index in [4.69, 9.17) is 5.73 Å². The van der Waals surface area contributed by atoms with Crippen molar-refractivity contribution < 1.29 is 4.79 Å². The van der Waals surface area contributed by atoms with E-state index in [1.807, 2.05) is 26.0 Å². The molecule has 6 nitrogen and oxygen atoms in total. The monoisotopic (exact) mass is 328 g/mol. The van der Waals surface area contributed by atoms with Crippen LogP contribution in [-0.4, -0.2) is 22.4 Å². The van der Waals surface area contributed by atoms with E-state index in [1.165, 1.54) is 6.07 Å². The number of aryl methyl sites for hydroxylation is 1. The van der Waals surface area contributed by atoms with Crippen LogP contribution in [0, 0.1) is 12.3 Å². The van der Waals surface area contributed by atoms with Gasteiger partial charge in [-0.25, -0.2) is 4.98 Å². The molecule has 2 aromatic rings. The highest BCUT2D eigenvalue weighted by Gasteiger charge is 2.33. The Bertz CT molecular complexity index is 753. The van der Waals surface area contributed by atoms with E-state index in [1.54, 1.807) is 19.1 Å². The van der Waals surface area contributed by atoms with E-state index < -0.39 is 5.41 Å². The lowest BCUT2D eigenvalue weighted by Crippen LogP contribution is -2.41. The van der Waals surface area contributed by atoms with Gasteiger partial charge in [-0.05, 0) is 44.0 Å². The summed E-state index contributed by atoms with van der Waals surface area (Å²) in [7, 11) is 0. The van der Waals surface area contributed by atoms with Gasteiger partial charge in [-0.2, -0.15) is 0 Å². The molecule has 1 aromatic heterocycles. The fraction of sp³-hybridized carbons (Fsp3) is 0.389. The summed E-state index contributed by atoms with van der Waals surface area (Å²) in [5.41, 5.74) is 7.22. The van der Waals surface area contributed by atoms with Gasteiger partial charge in [-0.3, -0.25) is 9.59 Å². The van der Waals surface area contributed by atoms with Gasteiger partial charge in [0.2, 0.25) is 5.91 Å². The van der Waals surface area contributed by atoms with Crippen LogP contribution in [0.2, 0.25) is 0 Å². The predicted molar refractivity (Wildman–Crippen MR) is 95.7 cm³/mol. The number of nitrogens with two attached hydrogens (primary N) is 1. The fourth-order valence-electron chi connectivity index (χ4n) is 2.64. The summed E-state index contributed by atoms with van der Waals surface area (Å²) < 4.78 is 0. The molecule has 0 aliphatic heterocycles. The molecule has 1 amide bonds. The Balaban J connectivity index is 2.20. The minimum Gasteiger partial charge on any atom is -0.329 e. The molecular weight excluding hydrogens is 304 g/mol. The second-order valence-electron chi connectivity index (χ2n) is 5.96. The standard InChI is InChI=1S/C18H24N4O2/c1-4-18(5-2,11-19)17(24)21-14-8-6-13(7-9-14)16-20-12(3)10-15(23)22-16/h6-10H,4-5,11,19H2,1-3H3,(H,21,24)(H,20,22,23). The van der Waals surface area contributed by atoms with Gasteiger partial charge in [0, 0.05) is 29.6 Å². The van der Waals surface area contributed by atoms with Crippen molar-refractivity contribution in [3.63, 3.8) is 0 Å². The quantitative estimate of drug-likeness (QED) is 0.758. The summed E-state index contributed by atoms with van der Waals surface area (Å²) in [4.78, 5) is 31.1. The van der Waals surface area contributed by atoms with E-state index in [0.29, 0.717) is 36.6 Å². The Morgan fingerprint density at radius 3 is 2.38 bits per heavy atom. The average Bonchev–Trinajstić information content (AvgIpc) is 2.57. The second kappa shape index (κ2) is 7.40. The van der Waals surface area contributed by atoms with Crippen LogP contribution in [0.3, 0.4) is 0 Å². The lowest BCUT2D eigenvalue weighted by Gasteiger charge is -2.28. The highest BCUT2D eigenvalue weighted by molar-refractivity contribution is 5.95. The van der Waals surface area contributed by atoms with Crippen molar-refractivity contribution in [2.45, 2.75) is 33.6 Å². The maximum atomic E-state index is 12.5. The molecule has 1 aromatic carbocycles. The Hall–Kier alpha value is -2.47. The molecule has 0 unspecified atom stereocenters. The minimum atomic E-state index is -0.540. The SMILES string of the molecule is CCC(CC)(CN)C(=O)Nc1ccc(-c2nc(C)cc(=O)[nH]2)cc1. The Morgan fingerprint density at radius 1 is 1.25 bits per heavy atom. The molecule has 0 aliphatic rings. The van der Waals surface area contributed by atoms with Gasteiger partial charge in [0.1, 0.15) is 5.82 Å². The molecule has 0 bridgehead atoms. The average molecular weight is 328 g/mol. The molecule has 24 heavy (non-hydrogen) atoms. The van der Waals surface area contributed by atoms with Crippen LogP contribution in [0.15, 0.2) is 35.1 Å². The lowest BCUT2D eigenvalue weighted by molar-refractivity contribution is -0.125. The van der Waals surface area contributed by atoms with Gasteiger partial charge in [-0.1, -0.05) is 13.8 Å². The first-order chi connectivity index (χ1) is 11.4. The van der Waals surface area contributed by atoms with E-state index in [0.717, 1.165) is 5.56 Å². The smallest absolute Gasteiger partial charge is 0.251 e. The zero-order chi connectivity index (χ0) is 17.7. The molecule has 1 heterocycles. The topological polar surface area (TPSA) is 101 Å². The van der Waals surface area contributed by atoms with Gasteiger partial charge in [0.25, 0.3) is 5.56 Å². The summed E-state index contributed by atoms with van der Waals surface area (Å²) in [6.07, 6.45) is 1.39. The molecule has 0 atom stereocenters. The third-order valence-corrected chi connectivity index (χ3v) is 4.51. The Morgan fingerprint density at radius 2 is 1.88 bits per heavy atom. The number of nitrogens with one attached hydrogen (secondary N) is 2.